The summed E-state index contributed by atoms with van der Waals surface area (Å²) < 4.78 is 1.98. The number of fused-ring (bicyclic) bond motifs is 2. The Morgan fingerprint density at radius 3 is 2.68 bits per heavy atom. The van der Waals surface area contributed by atoms with E-state index in [-0.39, 0.29) is 0 Å². The van der Waals surface area contributed by atoms with Gasteiger partial charge in [-0.1, -0.05) is 17.7 Å². The molecule has 8 nitrogen and oxygen atoms in total. The van der Waals surface area contributed by atoms with Gasteiger partial charge in [0, 0.05) is 61.6 Å². The van der Waals surface area contributed by atoms with Crippen LogP contribution in [0, 0.1) is 13.8 Å². The molecule has 3 aliphatic rings. The summed E-state index contributed by atoms with van der Waals surface area (Å²) in [6.45, 7) is 9.16. The molecule has 5 heterocycles. The fourth-order valence-corrected chi connectivity index (χ4v) is 6.91. The molecular formula is C29H35ClN8. The van der Waals surface area contributed by atoms with Crippen LogP contribution < -0.4 is 9.80 Å². The third-order valence-corrected chi connectivity index (χ3v) is 9.07. The number of hydrogen-bond donors (Lipinski definition) is 1. The highest BCUT2D eigenvalue weighted by atomic mass is 35.5. The van der Waals surface area contributed by atoms with Crippen molar-refractivity contribution in [3.05, 3.63) is 45.4 Å². The van der Waals surface area contributed by atoms with Gasteiger partial charge < -0.3 is 9.80 Å². The molecule has 1 saturated heterocycles. The predicted molar refractivity (Wildman–Crippen MR) is 152 cm³/mol. The van der Waals surface area contributed by atoms with Gasteiger partial charge in [-0.3, -0.25) is 9.78 Å². The Bertz CT molecular complexity index is 1550. The van der Waals surface area contributed by atoms with Gasteiger partial charge >= 0.3 is 0 Å². The summed E-state index contributed by atoms with van der Waals surface area (Å²) in [5.74, 6) is 3.44. The number of piperidine rings is 1. The van der Waals surface area contributed by atoms with Gasteiger partial charge in [0.15, 0.2) is 5.82 Å². The van der Waals surface area contributed by atoms with Crippen LogP contribution in [-0.2, 0) is 20.0 Å². The molecule has 0 bridgehead atoms. The molecule has 7 rings (SSSR count). The topological polar surface area (TPSA) is 78.8 Å². The van der Waals surface area contributed by atoms with Gasteiger partial charge in [-0.05, 0) is 64.5 Å². The van der Waals surface area contributed by atoms with E-state index < -0.39 is 0 Å². The first-order valence-corrected chi connectivity index (χ1v) is 14.4. The lowest BCUT2D eigenvalue weighted by molar-refractivity contribution is 0.478. The number of halogens is 1. The molecule has 9 heteroatoms. The van der Waals surface area contributed by atoms with Gasteiger partial charge in [0.2, 0.25) is 0 Å². The zero-order valence-corrected chi connectivity index (χ0v) is 23.4. The first kappa shape index (κ1) is 23.9. The number of benzene rings is 1. The van der Waals surface area contributed by atoms with Gasteiger partial charge in [-0.15, -0.1) is 0 Å². The highest BCUT2D eigenvalue weighted by Gasteiger charge is 2.35. The van der Waals surface area contributed by atoms with Crippen molar-refractivity contribution in [3.63, 3.8) is 0 Å². The maximum Gasteiger partial charge on any atom is 0.162 e. The first-order valence-electron chi connectivity index (χ1n) is 14.0. The molecule has 0 radical (unpaired) electrons. The summed E-state index contributed by atoms with van der Waals surface area (Å²) in [6, 6.07) is 4.69. The maximum absolute atomic E-state index is 6.94. The third-order valence-electron chi connectivity index (χ3n) is 8.71. The summed E-state index contributed by atoms with van der Waals surface area (Å²) in [5.41, 5.74) is 7.72. The molecule has 1 aliphatic carbocycles. The second-order valence-electron chi connectivity index (χ2n) is 11.4. The number of H-pyrrole nitrogens is 1. The highest BCUT2D eigenvalue weighted by molar-refractivity contribution is 6.33. The molecule has 0 spiro atoms. The fourth-order valence-electron chi connectivity index (χ4n) is 6.47. The van der Waals surface area contributed by atoms with Crippen molar-refractivity contribution in [1.29, 1.82) is 0 Å². The minimum absolute atomic E-state index is 0.445. The smallest absolute Gasteiger partial charge is 0.162 e. The zero-order chi connectivity index (χ0) is 26.1. The van der Waals surface area contributed by atoms with Gasteiger partial charge in [0.25, 0.3) is 0 Å². The highest BCUT2D eigenvalue weighted by Crippen LogP contribution is 2.46. The minimum atomic E-state index is 0.445. The van der Waals surface area contributed by atoms with E-state index in [9.17, 15) is 0 Å². The van der Waals surface area contributed by atoms with Gasteiger partial charge in [-0.25, -0.2) is 9.97 Å². The molecule has 0 amide bonds. The van der Waals surface area contributed by atoms with Gasteiger partial charge in [0.1, 0.15) is 16.7 Å². The molecule has 1 aromatic carbocycles. The number of hydrogen-bond acceptors (Lipinski definition) is 6. The van der Waals surface area contributed by atoms with Crippen LogP contribution in [0.25, 0.3) is 22.3 Å². The van der Waals surface area contributed by atoms with Crippen molar-refractivity contribution >= 4 is 34.1 Å². The Morgan fingerprint density at radius 1 is 1.05 bits per heavy atom. The number of aromatic amines is 1. The molecule has 2 aliphatic heterocycles. The minimum Gasteiger partial charge on any atom is -0.354 e. The average Bonchev–Trinajstić information content (AvgIpc) is 3.62. The summed E-state index contributed by atoms with van der Waals surface area (Å²) in [4.78, 5) is 15.5. The number of aryl methyl sites for hydroxylation is 3. The van der Waals surface area contributed by atoms with Crippen LogP contribution in [0.3, 0.4) is 0 Å². The number of nitrogens with zero attached hydrogens (tertiary/aromatic N) is 7. The number of anilines is 2. The molecular weight excluding hydrogens is 496 g/mol. The largest absolute Gasteiger partial charge is 0.354 e. The van der Waals surface area contributed by atoms with E-state index in [4.69, 9.17) is 26.7 Å². The molecule has 38 heavy (non-hydrogen) atoms. The molecule has 2 fully saturated rings. The second kappa shape index (κ2) is 8.97. The van der Waals surface area contributed by atoms with Crippen molar-refractivity contribution in [2.45, 2.75) is 77.8 Å². The molecule has 1 atom stereocenters. The van der Waals surface area contributed by atoms with Crippen molar-refractivity contribution in [2.24, 2.45) is 7.05 Å². The van der Waals surface area contributed by atoms with E-state index >= 15 is 0 Å². The van der Waals surface area contributed by atoms with Crippen LogP contribution in [0.5, 0.6) is 0 Å². The van der Waals surface area contributed by atoms with Crippen molar-refractivity contribution in [3.8, 4) is 11.4 Å². The second-order valence-corrected chi connectivity index (χ2v) is 11.8. The Morgan fingerprint density at radius 2 is 1.89 bits per heavy atom. The lowest BCUT2D eigenvalue weighted by Crippen LogP contribution is -2.41. The van der Waals surface area contributed by atoms with Crippen LogP contribution in [0.15, 0.2) is 12.1 Å². The summed E-state index contributed by atoms with van der Waals surface area (Å²) >= 11 is 6.94. The number of nitrogens with one attached hydrogen (secondary N) is 1. The van der Waals surface area contributed by atoms with E-state index in [1.165, 1.54) is 43.2 Å². The van der Waals surface area contributed by atoms with Crippen molar-refractivity contribution in [1.82, 2.24) is 29.9 Å². The number of rotatable bonds is 4. The summed E-state index contributed by atoms with van der Waals surface area (Å²) in [6.07, 6.45) is 6.87. The van der Waals surface area contributed by atoms with E-state index in [1.807, 2.05) is 11.7 Å². The predicted octanol–water partition coefficient (Wildman–Crippen LogP) is 5.84. The normalized spacial score (nSPS) is 19.9. The van der Waals surface area contributed by atoms with Gasteiger partial charge in [0.05, 0.1) is 22.6 Å². The van der Waals surface area contributed by atoms with Crippen LogP contribution in [0.2, 0.25) is 5.02 Å². The molecule has 3 aromatic heterocycles. The monoisotopic (exact) mass is 530 g/mol. The van der Waals surface area contributed by atoms with E-state index in [0.29, 0.717) is 12.0 Å². The molecule has 198 valence electrons. The summed E-state index contributed by atoms with van der Waals surface area (Å²) in [7, 11) is 2.02. The third kappa shape index (κ3) is 3.79. The standard InChI is InChI=1S/C29H35ClN8/c1-16-8-11-22-24(18(3)33-34-22)23(16)27-31-21-12-14-37(29-25(30)26(19-9-10-19)35-36(29)4)15-20(21)28(32-27)38-13-6-5-7-17(38)2/h8,11,17,19H,5-7,9-10,12-15H2,1-4H3,(H,33,34). The van der Waals surface area contributed by atoms with Crippen LogP contribution in [-0.4, -0.2) is 49.1 Å². The number of aromatic nitrogens is 6. The fraction of sp³-hybridized carbons (Fsp3) is 0.517. The lowest BCUT2D eigenvalue weighted by Gasteiger charge is -2.38. The van der Waals surface area contributed by atoms with E-state index in [0.717, 1.165) is 82.1 Å². The van der Waals surface area contributed by atoms with E-state index in [2.05, 4.69) is 52.9 Å². The lowest BCUT2D eigenvalue weighted by atomic mass is 9.98. The molecule has 4 aromatic rings. The molecule has 1 unspecified atom stereocenters. The summed E-state index contributed by atoms with van der Waals surface area (Å²) in [5, 5.41) is 14.4. The van der Waals surface area contributed by atoms with Crippen LogP contribution in [0.1, 0.15) is 73.2 Å². The maximum atomic E-state index is 6.94. The Labute approximate surface area is 228 Å². The van der Waals surface area contributed by atoms with Gasteiger partial charge in [-0.2, -0.15) is 10.2 Å². The quantitative estimate of drug-likeness (QED) is 0.357. The molecule has 1 saturated carbocycles. The van der Waals surface area contributed by atoms with Crippen molar-refractivity contribution in [2.75, 3.05) is 22.9 Å². The SMILES string of the molecule is Cc1ccc2[nH]nc(C)c2c1-c1nc2c(c(N3CCCCC3C)n1)CN(c1c(Cl)c(C3CC3)nn1C)CC2. The van der Waals surface area contributed by atoms with Crippen LogP contribution in [0.4, 0.5) is 11.6 Å². The molecule has 1 N–H and O–H groups in total. The van der Waals surface area contributed by atoms with Crippen LogP contribution >= 0.6 is 11.6 Å². The Hall–Kier alpha value is -3.13. The average molecular weight is 531 g/mol. The zero-order valence-electron chi connectivity index (χ0n) is 22.7. The van der Waals surface area contributed by atoms with E-state index in [1.54, 1.807) is 0 Å². The Balaban J connectivity index is 1.37. The Kier molecular flexibility index (Phi) is 5.65. The van der Waals surface area contributed by atoms with Crippen molar-refractivity contribution < 1.29 is 0 Å². The first-order chi connectivity index (χ1) is 18.4.